The average Bonchev–Trinajstić information content (AvgIpc) is 2.38. The summed E-state index contributed by atoms with van der Waals surface area (Å²) in [4.78, 5) is 29.4. The van der Waals surface area contributed by atoms with E-state index in [1.54, 1.807) is 26.0 Å². The molecule has 0 radical (unpaired) electrons. The Bertz CT molecular complexity index is 504. The van der Waals surface area contributed by atoms with Crippen LogP contribution in [0.1, 0.15) is 6.92 Å². The van der Waals surface area contributed by atoms with Crippen molar-refractivity contribution in [3.63, 3.8) is 0 Å². The lowest BCUT2D eigenvalue weighted by Crippen LogP contribution is -2.34. The van der Waals surface area contributed by atoms with Crippen molar-refractivity contribution in [2.45, 2.75) is 6.92 Å². The Morgan fingerprint density at radius 2 is 2.05 bits per heavy atom. The fourth-order valence-corrected chi connectivity index (χ4v) is 1.50. The van der Waals surface area contributed by atoms with E-state index in [9.17, 15) is 14.9 Å². The topological polar surface area (TPSA) is 91.6 Å². The minimum absolute atomic E-state index is 0.0601. The minimum atomic E-state index is -0.479. The predicted octanol–water partition coefficient (Wildman–Crippen LogP) is 0.946. The number of nitrogens with zero attached hydrogens (tertiary/aromatic N) is 4. The zero-order valence-corrected chi connectivity index (χ0v) is 12.1. The van der Waals surface area contributed by atoms with E-state index in [2.05, 4.69) is 10.3 Å². The molecule has 110 valence electrons. The van der Waals surface area contributed by atoms with E-state index in [1.807, 2.05) is 6.92 Å². The van der Waals surface area contributed by atoms with Crippen molar-refractivity contribution in [1.29, 1.82) is 0 Å². The zero-order valence-electron chi connectivity index (χ0n) is 12.1. The minimum Gasteiger partial charge on any atom is -0.370 e. The number of hydrogen-bond acceptors (Lipinski definition) is 6. The summed E-state index contributed by atoms with van der Waals surface area (Å²) >= 11 is 0. The summed E-state index contributed by atoms with van der Waals surface area (Å²) in [6.45, 7) is 2.58. The van der Waals surface area contributed by atoms with Gasteiger partial charge in [0.05, 0.1) is 23.6 Å². The van der Waals surface area contributed by atoms with Crippen molar-refractivity contribution in [2.75, 3.05) is 44.4 Å². The molecule has 0 saturated heterocycles. The molecule has 0 unspecified atom stereocenters. The Hall–Kier alpha value is -2.38. The van der Waals surface area contributed by atoms with Crippen LogP contribution in [0.4, 0.5) is 17.3 Å². The molecule has 0 aliphatic carbocycles. The van der Waals surface area contributed by atoms with Crippen LogP contribution in [-0.2, 0) is 4.79 Å². The molecular weight excluding hydrogens is 262 g/mol. The van der Waals surface area contributed by atoms with Gasteiger partial charge in [0.1, 0.15) is 11.6 Å². The highest BCUT2D eigenvalue weighted by Gasteiger charge is 2.16. The molecule has 1 aromatic rings. The standard InChI is InChI=1S/C12H19N5O3/c1-5-13-10-6-9(17(19)20)7-11(14-10)16(4)8-12(18)15(2)3/h6-7H,5,8H2,1-4H3,(H,13,14). The first-order valence-corrected chi connectivity index (χ1v) is 6.16. The van der Waals surface area contributed by atoms with E-state index in [1.165, 1.54) is 17.0 Å². The maximum atomic E-state index is 11.7. The van der Waals surface area contributed by atoms with Gasteiger partial charge in [0.25, 0.3) is 5.69 Å². The maximum absolute atomic E-state index is 11.7. The number of amides is 1. The molecule has 1 aromatic heterocycles. The lowest BCUT2D eigenvalue weighted by Gasteiger charge is -2.20. The van der Waals surface area contributed by atoms with Gasteiger partial charge in [-0.25, -0.2) is 4.98 Å². The number of hydrogen-bond donors (Lipinski definition) is 1. The number of anilines is 2. The van der Waals surface area contributed by atoms with Gasteiger partial charge in [-0.1, -0.05) is 0 Å². The van der Waals surface area contributed by atoms with Crippen LogP contribution >= 0.6 is 0 Å². The van der Waals surface area contributed by atoms with Gasteiger partial charge in [0.2, 0.25) is 5.91 Å². The van der Waals surface area contributed by atoms with Crippen molar-refractivity contribution in [2.24, 2.45) is 0 Å². The van der Waals surface area contributed by atoms with E-state index in [4.69, 9.17) is 0 Å². The summed E-state index contributed by atoms with van der Waals surface area (Å²) in [6, 6.07) is 2.72. The third kappa shape index (κ3) is 4.08. The van der Waals surface area contributed by atoms with Crippen molar-refractivity contribution < 1.29 is 9.72 Å². The summed E-state index contributed by atoms with van der Waals surface area (Å²) < 4.78 is 0. The molecule has 20 heavy (non-hydrogen) atoms. The fraction of sp³-hybridized carbons (Fsp3) is 0.500. The monoisotopic (exact) mass is 281 g/mol. The second-order valence-corrected chi connectivity index (χ2v) is 4.50. The van der Waals surface area contributed by atoms with Gasteiger partial charge >= 0.3 is 0 Å². The van der Waals surface area contributed by atoms with Crippen LogP contribution in [0.3, 0.4) is 0 Å². The van der Waals surface area contributed by atoms with Crippen LogP contribution in [0.2, 0.25) is 0 Å². The van der Waals surface area contributed by atoms with E-state index in [0.717, 1.165) is 0 Å². The molecule has 0 bridgehead atoms. The van der Waals surface area contributed by atoms with Gasteiger partial charge in [0, 0.05) is 27.7 Å². The number of aromatic nitrogens is 1. The van der Waals surface area contributed by atoms with Crippen molar-refractivity contribution >= 4 is 23.2 Å². The molecule has 0 atom stereocenters. The van der Waals surface area contributed by atoms with Crippen LogP contribution < -0.4 is 10.2 Å². The molecule has 0 fully saturated rings. The van der Waals surface area contributed by atoms with Gasteiger partial charge < -0.3 is 15.1 Å². The lowest BCUT2D eigenvalue weighted by atomic mass is 10.3. The molecule has 0 aliphatic rings. The number of carbonyl (C=O) groups excluding carboxylic acids is 1. The molecule has 8 nitrogen and oxygen atoms in total. The SMILES string of the molecule is CCNc1cc([N+](=O)[O-])cc(N(C)CC(=O)N(C)C)n1. The molecule has 1 heterocycles. The Kier molecular flexibility index (Phi) is 5.24. The van der Waals surface area contributed by atoms with Crippen LogP contribution in [0.25, 0.3) is 0 Å². The Balaban J connectivity index is 3.03. The number of nitro groups is 1. The van der Waals surface area contributed by atoms with Crippen LogP contribution in [0.15, 0.2) is 12.1 Å². The fourth-order valence-electron chi connectivity index (χ4n) is 1.50. The van der Waals surface area contributed by atoms with Gasteiger partial charge in [-0.15, -0.1) is 0 Å². The number of rotatable bonds is 6. The van der Waals surface area contributed by atoms with Crippen LogP contribution in [-0.4, -0.2) is 54.9 Å². The van der Waals surface area contributed by atoms with Gasteiger partial charge in [-0.3, -0.25) is 14.9 Å². The second-order valence-electron chi connectivity index (χ2n) is 4.50. The summed E-state index contributed by atoms with van der Waals surface area (Å²) in [5.41, 5.74) is -0.0601. The molecule has 0 saturated carbocycles. The molecular formula is C12H19N5O3. The van der Waals surface area contributed by atoms with E-state index in [-0.39, 0.29) is 18.1 Å². The third-order valence-corrected chi connectivity index (χ3v) is 2.63. The Labute approximate surface area is 117 Å². The molecule has 0 aliphatic heterocycles. The normalized spacial score (nSPS) is 10.0. The van der Waals surface area contributed by atoms with E-state index in [0.29, 0.717) is 18.2 Å². The van der Waals surface area contributed by atoms with Crippen molar-refractivity contribution in [3.8, 4) is 0 Å². The molecule has 0 spiro atoms. The number of pyridine rings is 1. The number of carbonyl (C=O) groups is 1. The largest absolute Gasteiger partial charge is 0.370 e. The van der Waals surface area contributed by atoms with Crippen molar-refractivity contribution in [1.82, 2.24) is 9.88 Å². The summed E-state index contributed by atoms with van der Waals surface area (Å²) in [7, 11) is 4.98. The van der Waals surface area contributed by atoms with Gasteiger partial charge in [-0.2, -0.15) is 0 Å². The number of nitrogens with one attached hydrogen (secondary N) is 1. The first kappa shape index (κ1) is 15.7. The van der Waals surface area contributed by atoms with Gasteiger partial charge in [0.15, 0.2) is 0 Å². The van der Waals surface area contributed by atoms with Crippen LogP contribution in [0.5, 0.6) is 0 Å². The summed E-state index contributed by atoms with van der Waals surface area (Å²) in [5.74, 6) is 0.692. The molecule has 0 aromatic carbocycles. The molecule has 1 rings (SSSR count). The highest BCUT2D eigenvalue weighted by atomic mass is 16.6. The van der Waals surface area contributed by atoms with Gasteiger partial charge in [-0.05, 0) is 6.92 Å². The van der Waals surface area contributed by atoms with Crippen LogP contribution in [0, 0.1) is 10.1 Å². The van der Waals surface area contributed by atoms with E-state index < -0.39 is 4.92 Å². The smallest absolute Gasteiger partial charge is 0.276 e. The maximum Gasteiger partial charge on any atom is 0.276 e. The predicted molar refractivity (Wildman–Crippen MR) is 77.0 cm³/mol. The highest BCUT2D eigenvalue weighted by molar-refractivity contribution is 5.80. The Morgan fingerprint density at radius 3 is 2.55 bits per heavy atom. The molecule has 1 N–H and O–H groups in total. The summed E-state index contributed by atoms with van der Waals surface area (Å²) in [5, 5.41) is 13.9. The Morgan fingerprint density at radius 1 is 1.40 bits per heavy atom. The average molecular weight is 281 g/mol. The first-order valence-electron chi connectivity index (χ1n) is 6.16. The first-order chi connectivity index (χ1) is 9.35. The highest BCUT2D eigenvalue weighted by Crippen LogP contribution is 2.22. The quantitative estimate of drug-likeness (QED) is 0.616. The lowest BCUT2D eigenvalue weighted by molar-refractivity contribution is -0.384. The second kappa shape index (κ2) is 6.69. The third-order valence-electron chi connectivity index (χ3n) is 2.63. The molecule has 1 amide bonds. The van der Waals surface area contributed by atoms with Crippen molar-refractivity contribution in [3.05, 3.63) is 22.2 Å². The zero-order chi connectivity index (χ0) is 15.3. The summed E-state index contributed by atoms with van der Waals surface area (Å²) in [6.07, 6.45) is 0. The number of likely N-dealkylation sites (N-methyl/N-ethyl adjacent to an activating group) is 2. The molecule has 8 heteroatoms. The van der Waals surface area contributed by atoms with E-state index >= 15 is 0 Å².